The number of fused-ring (bicyclic) bond motifs is 1. The van der Waals surface area contributed by atoms with E-state index in [1.165, 1.54) is 0 Å². The van der Waals surface area contributed by atoms with Crippen molar-refractivity contribution < 1.29 is 9.90 Å². The van der Waals surface area contributed by atoms with E-state index in [2.05, 4.69) is 15.9 Å². The van der Waals surface area contributed by atoms with Gasteiger partial charge >= 0.3 is 0 Å². The van der Waals surface area contributed by atoms with Gasteiger partial charge in [0.2, 0.25) is 0 Å². The molecular weight excluding hydrogens is 304 g/mol. The Hall–Kier alpha value is -1.87. The van der Waals surface area contributed by atoms with Gasteiger partial charge in [0.15, 0.2) is 5.78 Å². The lowest BCUT2D eigenvalue weighted by Gasteiger charge is -1.97. The summed E-state index contributed by atoms with van der Waals surface area (Å²) in [5.74, 6) is 0.259. The molecule has 0 amide bonds. The van der Waals surface area contributed by atoms with E-state index in [-0.39, 0.29) is 11.5 Å². The smallest absolute Gasteiger partial charge is 0.189 e. The van der Waals surface area contributed by atoms with Gasteiger partial charge in [0.25, 0.3) is 0 Å². The minimum atomic E-state index is 0.0536. The molecular formula is C16H11BrO2. The van der Waals surface area contributed by atoms with Crippen molar-refractivity contribution in [1.29, 1.82) is 0 Å². The Morgan fingerprint density at radius 1 is 1.11 bits per heavy atom. The van der Waals surface area contributed by atoms with Crippen molar-refractivity contribution in [1.82, 2.24) is 0 Å². The minimum Gasteiger partial charge on any atom is -0.508 e. The Morgan fingerprint density at radius 3 is 2.58 bits per heavy atom. The zero-order valence-electron chi connectivity index (χ0n) is 10.1. The standard InChI is InChI=1S/C16H11BrO2/c17-13-3-1-10(2-4-13)7-12-8-11-9-14(18)5-6-15(11)16(12)19/h1-7,9,18H,8H2. The Labute approximate surface area is 119 Å². The summed E-state index contributed by atoms with van der Waals surface area (Å²) in [7, 11) is 0. The lowest BCUT2D eigenvalue weighted by Crippen LogP contribution is -1.94. The first-order valence-corrected chi connectivity index (χ1v) is 6.75. The third-order valence-corrected chi connectivity index (χ3v) is 3.75. The third-order valence-electron chi connectivity index (χ3n) is 3.22. The van der Waals surface area contributed by atoms with Gasteiger partial charge in [-0.05, 0) is 47.5 Å². The molecule has 0 saturated heterocycles. The fourth-order valence-corrected chi connectivity index (χ4v) is 2.55. The van der Waals surface area contributed by atoms with Gasteiger partial charge in [-0.3, -0.25) is 4.79 Å². The van der Waals surface area contributed by atoms with Crippen LogP contribution in [0, 0.1) is 0 Å². The van der Waals surface area contributed by atoms with Crippen molar-refractivity contribution in [3.05, 3.63) is 69.2 Å². The van der Waals surface area contributed by atoms with Gasteiger partial charge in [0.05, 0.1) is 0 Å². The van der Waals surface area contributed by atoms with Crippen LogP contribution in [0.3, 0.4) is 0 Å². The highest BCUT2D eigenvalue weighted by atomic mass is 79.9. The number of benzene rings is 2. The van der Waals surface area contributed by atoms with E-state index in [0.717, 1.165) is 21.2 Å². The fraction of sp³-hybridized carbons (Fsp3) is 0.0625. The van der Waals surface area contributed by atoms with Gasteiger partial charge in [0, 0.05) is 22.0 Å². The molecule has 2 aromatic carbocycles. The molecule has 1 N–H and O–H groups in total. The van der Waals surface area contributed by atoms with E-state index in [1.54, 1.807) is 18.2 Å². The molecule has 0 saturated carbocycles. The van der Waals surface area contributed by atoms with Gasteiger partial charge in [-0.25, -0.2) is 0 Å². The lowest BCUT2D eigenvalue weighted by molar-refractivity contribution is 0.104. The fourth-order valence-electron chi connectivity index (χ4n) is 2.28. The van der Waals surface area contributed by atoms with Gasteiger partial charge < -0.3 is 5.11 Å². The Morgan fingerprint density at radius 2 is 1.84 bits per heavy atom. The number of carbonyl (C=O) groups is 1. The maximum Gasteiger partial charge on any atom is 0.189 e. The summed E-state index contributed by atoms with van der Waals surface area (Å²) in [6.45, 7) is 0. The van der Waals surface area contributed by atoms with E-state index in [1.807, 2.05) is 30.3 Å². The zero-order chi connectivity index (χ0) is 13.4. The number of allylic oxidation sites excluding steroid dienone is 1. The molecule has 0 spiro atoms. The van der Waals surface area contributed by atoms with Crippen LogP contribution in [0.25, 0.3) is 6.08 Å². The minimum absolute atomic E-state index is 0.0536. The summed E-state index contributed by atoms with van der Waals surface area (Å²) in [5, 5.41) is 9.45. The largest absolute Gasteiger partial charge is 0.508 e. The molecule has 0 aliphatic heterocycles. The summed E-state index contributed by atoms with van der Waals surface area (Å²) in [4.78, 5) is 12.2. The number of aromatic hydroxyl groups is 1. The number of halogens is 1. The number of hydrogen-bond donors (Lipinski definition) is 1. The molecule has 1 aliphatic rings. The van der Waals surface area contributed by atoms with E-state index in [4.69, 9.17) is 0 Å². The molecule has 2 nitrogen and oxygen atoms in total. The second-order valence-electron chi connectivity index (χ2n) is 4.57. The van der Waals surface area contributed by atoms with Gasteiger partial charge in [0.1, 0.15) is 5.75 Å². The van der Waals surface area contributed by atoms with Gasteiger partial charge in [-0.2, -0.15) is 0 Å². The van der Waals surface area contributed by atoms with Crippen molar-refractivity contribution in [3.63, 3.8) is 0 Å². The van der Waals surface area contributed by atoms with Crippen LogP contribution in [0.1, 0.15) is 21.5 Å². The molecule has 0 aromatic heterocycles. The van der Waals surface area contributed by atoms with Gasteiger partial charge in [-0.1, -0.05) is 28.1 Å². The molecule has 94 valence electrons. The predicted molar refractivity (Wildman–Crippen MR) is 78.3 cm³/mol. The lowest BCUT2D eigenvalue weighted by atomic mass is 10.1. The van der Waals surface area contributed by atoms with Crippen molar-refractivity contribution in [2.45, 2.75) is 6.42 Å². The number of Topliss-reactive ketones (excluding diaryl/α,β-unsaturated/α-hetero) is 1. The number of phenols is 1. The number of rotatable bonds is 1. The van der Waals surface area contributed by atoms with Crippen LogP contribution < -0.4 is 0 Å². The molecule has 0 radical (unpaired) electrons. The van der Waals surface area contributed by atoms with E-state index < -0.39 is 0 Å². The quantitative estimate of drug-likeness (QED) is 0.808. The zero-order valence-corrected chi connectivity index (χ0v) is 11.6. The molecule has 0 atom stereocenters. The van der Waals surface area contributed by atoms with Crippen molar-refractivity contribution in [3.8, 4) is 5.75 Å². The average Bonchev–Trinajstić information content (AvgIpc) is 2.68. The summed E-state index contributed by atoms with van der Waals surface area (Å²) >= 11 is 3.39. The first-order valence-electron chi connectivity index (χ1n) is 5.96. The molecule has 0 heterocycles. The topological polar surface area (TPSA) is 37.3 Å². The SMILES string of the molecule is O=C1C(=Cc2ccc(Br)cc2)Cc2cc(O)ccc21. The molecule has 1 aliphatic carbocycles. The molecule has 3 heteroatoms. The van der Waals surface area contributed by atoms with Crippen LogP contribution in [-0.2, 0) is 6.42 Å². The molecule has 2 aromatic rings. The van der Waals surface area contributed by atoms with Crippen LogP contribution in [0.15, 0.2) is 52.5 Å². The Kier molecular flexibility index (Phi) is 2.99. The normalized spacial score (nSPS) is 15.8. The molecule has 0 bridgehead atoms. The van der Waals surface area contributed by atoms with Crippen LogP contribution in [-0.4, -0.2) is 10.9 Å². The number of carbonyl (C=O) groups excluding carboxylic acids is 1. The number of phenolic OH excluding ortho intramolecular Hbond substituents is 1. The molecule has 3 rings (SSSR count). The highest BCUT2D eigenvalue weighted by molar-refractivity contribution is 9.10. The monoisotopic (exact) mass is 314 g/mol. The second kappa shape index (κ2) is 4.67. The van der Waals surface area contributed by atoms with E-state index in [0.29, 0.717) is 12.0 Å². The van der Waals surface area contributed by atoms with Crippen molar-refractivity contribution in [2.24, 2.45) is 0 Å². The van der Waals surface area contributed by atoms with Crippen LogP contribution in [0.5, 0.6) is 5.75 Å². The predicted octanol–water partition coefficient (Wildman–Crippen LogP) is 3.98. The summed E-state index contributed by atoms with van der Waals surface area (Å²) in [6.07, 6.45) is 2.49. The average molecular weight is 315 g/mol. The Bertz CT molecular complexity index is 684. The van der Waals surface area contributed by atoms with E-state index in [9.17, 15) is 9.90 Å². The first kappa shape index (κ1) is 12.2. The molecule has 19 heavy (non-hydrogen) atoms. The van der Waals surface area contributed by atoms with E-state index >= 15 is 0 Å². The van der Waals surface area contributed by atoms with Gasteiger partial charge in [-0.15, -0.1) is 0 Å². The maximum absolute atomic E-state index is 12.2. The van der Waals surface area contributed by atoms with Crippen molar-refractivity contribution >= 4 is 27.8 Å². The third kappa shape index (κ3) is 2.34. The van der Waals surface area contributed by atoms with Crippen LogP contribution >= 0.6 is 15.9 Å². The number of ketones is 1. The Balaban J connectivity index is 1.97. The number of hydrogen-bond acceptors (Lipinski definition) is 2. The highest BCUT2D eigenvalue weighted by Gasteiger charge is 2.24. The van der Waals surface area contributed by atoms with Crippen LogP contribution in [0.2, 0.25) is 0 Å². The summed E-state index contributed by atoms with van der Waals surface area (Å²) < 4.78 is 1.01. The molecule has 0 fully saturated rings. The maximum atomic E-state index is 12.2. The summed E-state index contributed by atoms with van der Waals surface area (Å²) in [5.41, 5.74) is 3.36. The molecule has 0 unspecified atom stereocenters. The second-order valence-corrected chi connectivity index (χ2v) is 5.48. The van der Waals surface area contributed by atoms with Crippen molar-refractivity contribution in [2.75, 3.05) is 0 Å². The summed E-state index contributed by atoms with van der Waals surface area (Å²) in [6, 6.07) is 12.7. The van der Waals surface area contributed by atoms with Crippen LogP contribution in [0.4, 0.5) is 0 Å². The first-order chi connectivity index (χ1) is 9.13. The highest BCUT2D eigenvalue weighted by Crippen LogP contribution is 2.30.